The number of carbonyl (C=O) groups excluding carboxylic acids is 1. The summed E-state index contributed by atoms with van der Waals surface area (Å²) in [5, 5.41) is 10.3. The van der Waals surface area contributed by atoms with E-state index in [1.54, 1.807) is 15.5 Å². The normalized spacial score (nSPS) is 18.3. The number of hydrogen-bond donors (Lipinski definition) is 1. The molecule has 1 aromatic heterocycles. The summed E-state index contributed by atoms with van der Waals surface area (Å²) in [6.45, 7) is 4.46. The predicted molar refractivity (Wildman–Crippen MR) is 112 cm³/mol. The Morgan fingerprint density at radius 1 is 1.16 bits per heavy atom. The third kappa shape index (κ3) is 3.78. The van der Waals surface area contributed by atoms with Crippen LogP contribution in [0.3, 0.4) is 0 Å². The number of fused-ring (bicyclic) bond motifs is 1. The highest BCUT2D eigenvalue weighted by molar-refractivity contribution is 5.95. The van der Waals surface area contributed by atoms with E-state index in [4.69, 9.17) is 0 Å². The minimum absolute atomic E-state index is 0.0860. The van der Waals surface area contributed by atoms with Gasteiger partial charge in [0.2, 0.25) is 5.75 Å². The topological polar surface area (TPSA) is 75.4 Å². The highest BCUT2D eigenvalue weighted by atomic mass is 19.4. The zero-order chi connectivity index (χ0) is 23.3. The average Bonchev–Trinajstić information content (AvgIpc) is 3.20. The molecule has 1 aromatic carbocycles. The van der Waals surface area contributed by atoms with E-state index in [1.807, 2.05) is 13.8 Å². The number of amides is 1. The van der Waals surface area contributed by atoms with Crippen molar-refractivity contribution in [3.8, 4) is 5.75 Å². The van der Waals surface area contributed by atoms with Gasteiger partial charge in [-0.25, -0.2) is 0 Å². The Morgan fingerprint density at radius 3 is 2.47 bits per heavy atom. The Balaban J connectivity index is 1.80. The van der Waals surface area contributed by atoms with Crippen LogP contribution < -0.4 is 5.56 Å². The standard InChI is InChI=1S/C23H26F3N3O3/c1-14(2)28-10-11-29-17(27-20(31)19(30)18(29)21(28)32)13-22(8-3-4-9-22)15-6-5-7-16(12-15)23(24,25)26/h5-7,12,14,30H,3-4,8-11,13H2,1-2H3. The van der Waals surface area contributed by atoms with Gasteiger partial charge in [-0.05, 0) is 38.3 Å². The molecule has 1 fully saturated rings. The molecule has 0 spiro atoms. The van der Waals surface area contributed by atoms with Crippen LogP contribution in [0.25, 0.3) is 0 Å². The van der Waals surface area contributed by atoms with Crippen LogP contribution in [0.5, 0.6) is 5.75 Å². The van der Waals surface area contributed by atoms with E-state index in [-0.39, 0.29) is 18.2 Å². The molecule has 172 valence electrons. The molecular formula is C23H26F3N3O3. The number of hydrogen-bond acceptors (Lipinski definition) is 4. The molecule has 1 aliphatic carbocycles. The van der Waals surface area contributed by atoms with Crippen LogP contribution >= 0.6 is 0 Å². The van der Waals surface area contributed by atoms with E-state index in [9.17, 15) is 27.9 Å². The molecule has 1 saturated carbocycles. The molecule has 6 nitrogen and oxygen atoms in total. The first-order valence-corrected chi connectivity index (χ1v) is 10.8. The first-order valence-electron chi connectivity index (χ1n) is 10.8. The molecule has 4 rings (SSSR count). The average molecular weight is 449 g/mol. The van der Waals surface area contributed by atoms with E-state index < -0.39 is 34.4 Å². The smallest absolute Gasteiger partial charge is 0.416 e. The summed E-state index contributed by atoms with van der Waals surface area (Å²) in [4.78, 5) is 31.1. The molecule has 1 N–H and O–H groups in total. The molecule has 1 amide bonds. The van der Waals surface area contributed by atoms with Gasteiger partial charge in [0.05, 0.1) is 5.56 Å². The minimum atomic E-state index is -4.45. The van der Waals surface area contributed by atoms with E-state index in [2.05, 4.69) is 4.98 Å². The van der Waals surface area contributed by atoms with Gasteiger partial charge in [-0.15, -0.1) is 0 Å². The lowest BCUT2D eigenvalue weighted by Gasteiger charge is -2.36. The second-order valence-electron chi connectivity index (χ2n) is 9.02. The van der Waals surface area contributed by atoms with Gasteiger partial charge >= 0.3 is 11.7 Å². The fourth-order valence-corrected chi connectivity index (χ4v) is 5.07. The van der Waals surface area contributed by atoms with E-state index in [1.165, 1.54) is 12.1 Å². The number of aromatic hydroxyl groups is 1. The molecular weight excluding hydrogens is 423 g/mol. The molecule has 2 aromatic rings. The monoisotopic (exact) mass is 449 g/mol. The van der Waals surface area contributed by atoms with Gasteiger partial charge in [-0.2, -0.15) is 18.2 Å². The lowest BCUT2D eigenvalue weighted by atomic mass is 9.75. The molecule has 0 bridgehead atoms. The number of rotatable bonds is 4. The Hall–Kier alpha value is -2.84. The summed E-state index contributed by atoms with van der Waals surface area (Å²) in [6.07, 6.45) is -1.20. The molecule has 2 heterocycles. The Bertz CT molecular complexity index is 1100. The fourth-order valence-electron chi connectivity index (χ4n) is 5.07. The third-order valence-corrected chi connectivity index (χ3v) is 6.75. The Morgan fingerprint density at radius 2 is 1.84 bits per heavy atom. The first kappa shape index (κ1) is 22.4. The highest BCUT2D eigenvalue weighted by Crippen LogP contribution is 2.45. The molecule has 32 heavy (non-hydrogen) atoms. The minimum Gasteiger partial charge on any atom is -0.501 e. The van der Waals surface area contributed by atoms with Crippen molar-refractivity contribution in [2.45, 2.75) is 70.1 Å². The maximum absolute atomic E-state index is 13.3. The van der Waals surface area contributed by atoms with Gasteiger partial charge < -0.3 is 14.6 Å². The van der Waals surface area contributed by atoms with Gasteiger partial charge in [0.1, 0.15) is 5.82 Å². The number of carbonyl (C=O) groups is 1. The van der Waals surface area contributed by atoms with Crippen LogP contribution in [0.2, 0.25) is 0 Å². The lowest BCUT2D eigenvalue weighted by molar-refractivity contribution is -0.137. The summed E-state index contributed by atoms with van der Waals surface area (Å²) in [5.74, 6) is -0.786. The van der Waals surface area contributed by atoms with Crippen molar-refractivity contribution in [1.29, 1.82) is 0 Å². The van der Waals surface area contributed by atoms with Crippen LogP contribution in [-0.4, -0.2) is 38.1 Å². The van der Waals surface area contributed by atoms with E-state index >= 15 is 0 Å². The van der Waals surface area contributed by atoms with E-state index in [0.29, 0.717) is 37.3 Å². The summed E-state index contributed by atoms with van der Waals surface area (Å²) in [5.41, 5.74) is -1.73. The van der Waals surface area contributed by atoms with Gasteiger partial charge in [0, 0.05) is 31.0 Å². The second-order valence-corrected chi connectivity index (χ2v) is 9.02. The van der Waals surface area contributed by atoms with Gasteiger partial charge in [0.25, 0.3) is 5.91 Å². The molecule has 9 heteroatoms. The number of aromatic nitrogens is 2. The fraction of sp³-hybridized carbons (Fsp3) is 0.522. The molecule has 0 radical (unpaired) electrons. The van der Waals surface area contributed by atoms with Crippen molar-refractivity contribution in [3.63, 3.8) is 0 Å². The molecule has 0 saturated heterocycles. The van der Waals surface area contributed by atoms with Crippen LogP contribution in [0.1, 0.15) is 67.0 Å². The molecule has 0 atom stereocenters. The number of nitrogens with zero attached hydrogens (tertiary/aromatic N) is 3. The maximum Gasteiger partial charge on any atom is 0.416 e. The maximum atomic E-state index is 13.3. The number of halogens is 3. The van der Waals surface area contributed by atoms with Crippen molar-refractivity contribution in [2.75, 3.05) is 6.54 Å². The molecule has 0 unspecified atom stereocenters. The van der Waals surface area contributed by atoms with Crippen molar-refractivity contribution >= 4 is 5.91 Å². The number of benzene rings is 1. The second kappa shape index (κ2) is 7.94. The zero-order valence-corrected chi connectivity index (χ0v) is 18.1. The summed E-state index contributed by atoms with van der Waals surface area (Å²) in [7, 11) is 0. The van der Waals surface area contributed by atoms with E-state index in [0.717, 1.165) is 18.9 Å². The van der Waals surface area contributed by atoms with Crippen LogP contribution in [0, 0.1) is 0 Å². The summed E-state index contributed by atoms with van der Waals surface area (Å²) < 4.78 is 41.6. The zero-order valence-electron chi connectivity index (χ0n) is 18.1. The largest absolute Gasteiger partial charge is 0.501 e. The number of alkyl halides is 3. The SMILES string of the molecule is CC(C)N1CCn2c(CC3(c4cccc(C(F)(F)F)c4)CCCC3)nc(=O)c(O)c2C1=O. The van der Waals surface area contributed by atoms with Crippen molar-refractivity contribution in [1.82, 2.24) is 14.5 Å². The lowest BCUT2D eigenvalue weighted by Crippen LogP contribution is -2.46. The molecule has 2 aliphatic rings. The first-order chi connectivity index (χ1) is 15.0. The van der Waals surface area contributed by atoms with Gasteiger partial charge in [-0.1, -0.05) is 31.0 Å². The van der Waals surface area contributed by atoms with Crippen LogP contribution in [0.15, 0.2) is 29.1 Å². The van der Waals surface area contributed by atoms with Crippen molar-refractivity contribution in [2.24, 2.45) is 0 Å². The summed E-state index contributed by atoms with van der Waals surface area (Å²) in [6, 6.07) is 5.24. The van der Waals surface area contributed by atoms with Crippen LogP contribution in [0.4, 0.5) is 13.2 Å². The Labute approximate surface area is 183 Å². The third-order valence-electron chi connectivity index (χ3n) is 6.75. The van der Waals surface area contributed by atoms with Crippen molar-refractivity contribution in [3.05, 3.63) is 57.3 Å². The Kier molecular flexibility index (Phi) is 5.55. The summed E-state index contributed by atoms with van der Waals surface area (Å²) >= 11 is 0. The highest BCUT2D eigenvalue weighted by Gasteiger charge is 2.41. The predicted octanol–water partition coefficient (Wildman–Crippen LogP) is 3.89. The molecule has 1 aliphatic heterocycles. The van der Waals surface area contributed by atoms with Crippen molar-refractivity contribution < 1.29 is 23.1 Å². The van der Waals surface area contributed by atoms with Gasteiger partial charge in [-0.3, -0.25) is 9.59 Å². The van der Waals surface area contributed by atoms with Gasteiger partial charge in [0.15, 0.2) is 5.69 Å². The quantitative estimate of drug-likeness (QED) is 0.769. The van der Waals surface area contributed by atoms with Crippen LogP contribution in [-0.2, 0) is 24.6 Å².